The Morgan fingerprint density at radius 3 is 2.60 bits per heavy atom. The molecular formula is C9H10F2N2O2. The van der Waals surface area contributed by atoms with E-state index in [-0.39, 0.29) is 12.0 Å². The maximum atomic E-state index is 13.4. The summed E-state index contributed by atoms with van der Waals surface area (Å²) in [5.74, 6) is -1.95. The third-order valence-electron chi connectivity index (χ3n) is 1.89. The van der Waals surface area contributed by atoms with Crippen LogP contribution in [0.4, 0.5) is 14.5 Å². The second-order valence-corrected chi connectivity index (χ2v) is 3.30. The number of halogens is 2. The Morgan fingerprint density at radius 2 is 2.13 bits per heavy atom. The molecule has 0 saturated heterocycles. The number of nitrogens with two attached hydrogens (primary N) is 1. The minimum Gasteiger partial charge on any atom is -0.328 e. The van der Waals surface area contributed by atoms with Gasteiger partial charge in [0, 0.05) is 17.7 Å². The number of rotatable bonds is 3. The zero-order chi connectivity index (χ0) is 11.6. The molecule has 6 heteroatoms. The molecule has 1 aromatic rings. The van der Waals surface area contributed by atoms with Gasteiger partial charge in [0.2, 0.25) is 5.82 Å². The van der Waals surface area contributed by atoms with Gasteiger partial charge in [-0.3, -0.25) is 10.1 Å². The molecule has 0 amide bonds. The maximum Gasteiger partial charge on any atom is 0.305 e. The highest BCUT2D eigenvalue weighted by Crippen LogP contribution is 2.23. The average molecular weight is 216 g/mol. The van der Waals surface area contributed by atoms with Crippen molar-refractivity contribution in [2.24, 2.45) is 5.73 Å². The van der Waals surface area contributed by atoms with Crippen molar-refractivity contribution in [1.29, 1.82) is 0 Å². The van der Waals surface area contributed by atoms with Gasteiger partial charge in [-0.25, -0.2) is 4.39 Å². The van der Waals surface area contributed by atoms with Crippen LogP contribution in [0, 0.1) is 21.7 Å². The lowest BCUT2D eigenvalue weighted by Gasteiger charge is -2.07. The minimum absolute atomic E-state index is 0.0701. The average Bonchev–Trinajstić information content (AvgIpc) is 2.11. The molecule has 15 heavy (non-hydrogen) atoms. The molecule has 0 aliphatic carbocycles. The van der Waals surface area contributed by atoms with Crippen LogP contribution in [-0.4, -0.2) is 11.0 Å². The van der Waals surface area contributed by atoms with Gasteiger partial charge in [-0.05, 0) is 19.4 Å². The molecule has 0 spiro atoms. The summed E-state index contributed by atoms with van der Waals surface area (Å²) < 4.78 is 26.5. The number of hydrogen-bond acceptors (Lipinski definition) is 3. The fourth-order valence-electron chi connectivity index (χ4n) is 1.24. The molecule has 0 aliphatic rings. The van der Waals surface area contributed by atoms with E-state index in [1.807, 2.05) is 0 Å². The largest absolute Gasteiger partial charge is 0.328 e. The monoisotopic (exact) mass is 216 g/mol. The van der Waals surface area contributed by atoms with Gasteiger partial charge in [0.1, 0.15) is 5.82 Å². The summed E-state index contributed by atoms with van der Waals surface area (Å²) in [5, 5.41) is 10.4. The lowest BCUT2D eigenvalue weighted by atomic mass is 10.1. The van der Waals surface area contributed by atoms with Gasteiger partial charge < -0.3 is 5.73 Å². The summed E-state index contributed by atoms with van der Waals surface area (Å²) in [6, 6.07) is 1.21. The van der Waals surface area contributed by atoms with E-state index in [1.54, 1.807) is 6.92 Å². The van der Waals surface area contributed by atoms with E-state index in [0.29, 0.717) is 0 Å². The summed E-state index contributed by atoms with van der Waals surface area (Å²) >= 11 is 0. The molecular weight excluding hydrogens is 206 g/mol. The minimum atomic E-state index is -1.14. The Balaban J connectivity index is 3.24. The SMILES string of the molecule is C[C@@H](N)Cc1c(F)ccc([N+](=O)[O-])c1F. The second kappa shape index (κ2) is 4.31. The third-order valence-corrected chi connectivity index (χ3v) is 1.89. The van der Waals surface area contributed by atoms with Gasteiger partial charge in [0.05, 0.1) is 4.92 Å². The molecule has 4 nitrogen and oxygen atoms in total. The van der Waals surface area contributed by atoms with Gasteiger partial charge in [-0.15, -0.1) is 0 Å². The van der Waals surface area contributed by atoms with Crippen molar-refractivity contribution < 1.29 is 13.7 Å². The van der Waals surface area contributed by atoms with E-state index in [9.17, 15) is 18.9 Å². The molecule has 0 aliphatic heterocycles. The first kappa shape index (κ1) is 11.5. The summed E-state index contributed by atoms with van der Waals surface area (Å²) in [7, 11) is 0. The first-order valence-corrected chi connectivity index (χ1v) is 4.30. The Morgan fingerprint density at radius 1 is 1.53 bits per heavy atom. The molecule has 0 saturated carbocycles. The van der Waals surface area contributed by atoms with E-state index >= 15 is 0 Å². The number of nitrogens with zero attached hydrogens (tertiary/aromatic N) is 1. The van der Waals surface area contributed by atoms with Gasteiger partial charge >= 0.3 is 5.69 Å². The highest BCUT2D eigenvalue weighted by atomic mass is 19.1. The van der Waals surface area contributed by atoms with Crippen LogP contribution in [0.1, 0.15) is 12.5 Å². The number of nitro groups is 1. The van der Waals surface area contributed by atoms with E-state index in [0.717, 1.165) is 12.1 Å². The Kier molecular flexibility index (Phi) is 3.31. The second-order valence-electron chi connectivity index (χ2n) is 3.30. The highest BCUT2D eigenvalue weighted by molar-refractivity contribution is 5.38. The highest BCUT2D eigenvalue weighted by Gasteiger charge is 2.21. The van der Waals surface area contributed by atoms with Crippen molar-refractivity contribution in [2.75, 3.05) is 0 Å². The lowest BCUT2D eigenvalue weighted by molar-refractivity contribution is -0.387. The van der Waals surface area contributed by atoms with Crippen molar-refractivity contribution in [1.82, 2.24) is 0 Å². The fraction of sp³-hybridized carbons (Fsp3) is 0.333. The van der Waals surface area contributed by atoms with Crippen molar-refractivity contribution >= 4 is 5.69 Å². The van der Waals surface area contributed by atoms with E-state index < -0.39 is 28.3 Å². The van der Waals surface area contributed by atoms with Crippen LogP contribution in [0.3, 0.4) is 0 Å². The number of benzene rings is 1. The van der Waals surface area contributed by atoms with Gasteiger partial charge in [0.25, 0.3) is 0 Å². The molecule has 1 rings (SSSR count). The lowest BCUT2D eigenvalue weighted by Crippen LogP contribution is -2.19. The van der Waals surface area contributed by atoms with Crippen molar-refractivity contribution in [2.45, 2.75) is 19.4 Å². The molecule has 1 atom stereocenters. The van der Waals surface area contributed by atoms with E-state index in [1.165, 1.54) is 0 Å². The zero-order valence-corrected chi connectivity index (χ0v) is 8.04. The van der Waals surface area contributed by atoms with E-state index in [2.05, 4.69) is 0 Å². The van der Waals surface area contributed by atoms with Gasteiger partial charge in [-0.1, -0.05) is 0 Å². The third kappa shape index (κ3) is 2.47. The van der Waals surface area contributed by atoms with Crippen molar-refractivity contribution in [3.63, 3.8) is 0 Å². The van der Waals surface area contributed by atoms with Crippen LogP contribution in [0.15, 0.2) is 12.1 Å². The molecule has 1 aromatic carbocycles. The number of nitro benzene ring substituents is 1. The number of hydrogen-bond donors (Lipinski definition) is 1. The van der Waals surface area contributed by atoms with Crippen molar-refractivity contribution in [3.05, 3.63) is 39.4 Å². The van der Waals surface area contributed by atoms with Gasteiger partial charge in [0.15, 0.2) is 0 Å². The standard InChI is InChI=1S/C9H10F2N2O2/c1-5(12)4-6-7(10)2-3-8(9(6)11)13(14)15/h2-3,5H,4,12H2,1H3/t5-/m1/s1. The Labute approximate surface area is 84.9 Å². The topological polar surface area (TPSA) is 69.2 Å². The summed E-state index contributed by atoms with van der Waals surface area (Å²) in [4.78, 5) is 9.49. The molecule has 0 unspecified atom stereocenters. The van der Waals surface area contributed by atoms with Crippen LogP contribution < -0.4 is 5.73 Å². The molecule has 0 heterocycles. The van der Waals surface area contributed by atoms with Crippen LogP contribution >= 0.6 is 0 Å². The van der Waals surface area contributed by atoms with Crippen LogP contribution in [0.2, 0.25) is 0 Å². The van der Waals surface area contributed by atoms with E-state index in [4.69, 9.17) is 5.73 Å². The molecule has 2 N–H and O–H groups in total. The molecule has 82 valence electrons. The molecule has 0 aromatic heterocycles. The normalized spacial score (nSPS) is 12.5. The predicted molar refractivity (Wildman–Crippen MR) is 50.4 cm³/mol. The quantitative estimate of drug-likeness (QED) is 0.618. The van der Waals surface area contributed by atoms with Crippen molar-refractivity contribution in [3.8, 4) is 0 Å². The summed E-state index contributed by atoms with van der Waals surface area (Å²) in [6.07, 6.45) is -0.0701. The van der Waals surface area contributed by atoms with Crippen LogP contribution in [0.25, 0.3) is 0 Å². The Hall–Kier alpha value is -1.56. The summed E-state index contributed by atoms with van der Waals surface area (Å²) in [6.45, 7) is 1.57. The fourth-order valence-corrected chi connectivity index (χ4v) is 1.24. The van der Waals surface area contributed by atoms with Crippen LogP contribution in [-0.2, 0) is 6.42 Å². The zero-order valence-electron chi connectivity index (χ0n) is 8.04. The predicted octanol–water partition coefficient (Wildman–Crippen LogP) is 1.76. The van der Waals surface area contributed by atoms with Crippen LogP contribution in [0.5, 0.6) is 0 Å². The summed E-state index contributed by atoms with van der Waals surface area (Å²) in [5.41, 5.74) is 4.32. The smallest absolute Gasteiger partial charge is 0.305 e. The van der Waals surface area contributed by atoms with Gasteiger partial charge in [-0.2, -0.15) is 4.39 Å². The first-order chi connectivity index (χ1) is 6.93. The Bertz CT molecular complexity index is 394. The molecule has 0 bridgehead atoms. The maximum absolute atomic E-state index is 13.4. The molecule has 0 fully saturated rings. The first-order valence-electron chi connectivity index (χ1n) is 4.30. The molecule has 0 radical (unpaired) electrons.